The summed E-state index contributed by atoms with van der Waals surface area (Å²) in [6, 6.07) is 5.12. The molecule has 1 aliphatic carbocycles. The molecular formula is C24H33N5O5. The van der Waals surface area contributed by atoms with E-state index in [1.807, 2.05) is 38.1 Å². The number of aromatic nitrogens is 1. The molecule has 0 saturated heterocycles. The lowest BCUT2D eigenvalue weighted by Crippen LogP contribution is -2.56. The fourth-order valence-corrected chi connectivity index (χ4v) is 4.28. The average molecular weight is 472 g/mol. The Morgan fingerprint density at radius 2 is 1.91 bits per heavy atom. The fourth-order valence-electron chi connectivity index (χ4n) is 4.28. The van der Waals surface area contributed by atoms with E-state index in [1.165, 1.54) is 6.08 Å². The van der Waals surface area contributed by atoms with E-state index in [0.717, 1.165) is 16.5 Å². The number of nitrogens with two attached hydrogens (primary N) is 1. The Bertz CT molecular complexity index is 1080. The first kappa shape index (κ1) is 25.4. The summed E-state index contributed by atoms with van der Waals surface area (Å²) in [5.74, 6) is -1.67. The zero-order valence-electron chi connectivity index (χ0n) is 19.5. The van der Waals surface area contributed by atoms with Crippen LogP contribution in [0.5, 0.6) is 0 Å². The average Bonchev–Trinajstić information content (AvgIpc) is 3.19. The third kappa shape index (κ3) is 5.64. The number of benzene rings is 1. The summed E-state index contributed by atoms with van der Waals surface area (Å²) in [7, 11) is 1.66. The number of nitrogens with one attached hydrogen (secondary N) is 4. The number of primary amides is 1. The SMILES string of the molecule is CN[C@H](C(=O)N[C@@H]1C=C(C(=O)N[C@H](Cc2c[nH]c3ccccc23)C(N)=O)C[C@@H](O)[C@@H]1O)C(C)C. The van der Waals surface area contributed by atoms with Crippen LogP contribution in [0.4, 0.5) is 0 Å². The van der Waals surface area contributed by atoms with Crippen molar-refractivity contribution in [1.29, 1.82) is 0 Å². The van der Waals surface area contributed by atoms with Gasteiger partial charge in [0.15, 0.2) is 0 Å². The van der Waals surface area contributed by atoms with Crippen molar-refractivity contribution in [2.75, 3.05) is 7.05 Å². The van der Waals surface area contributed by atoms with Crippen LogP contribution >= 0.6 is 0 Å². The molecule has 3 amide bonds. The van der Waals surface area contributed by atoms with E-state index in [0.29, 0.717) is 0 Å². The molecule has 0 radical (unpaired) electrons. The predicted molar refractivity (Wildman–Crippen MR) is 127 cm³/mol. The second kappa shape index (κ2) is 10.8. The van der Waals surface area contributed by atoms with Gasteiger partial charge in [0, 0.05) is 35.5 Å². The van der Waals surface area contributed by atoms with Crippen molar-refractivity contribution in [3.05, 3.63) is 47.7 Å². The number of para-hydroxylation sites is 1. The highest BCUT2D eigenvalue weighted by atomic mass is 16.3. The van der Waals surface area contributed by atoms with Crippen LogP contribution in [0.1, 0.15) is 25.8 Å². The molecule has 2 aromatic rings. The number of H-pyrrole nitrogens is 1. The molecule has 184 valence electrons. The molecule has 5 atom stereocenters. The van der Waals surface area contributed by atoms with Crippen molar-refractivity contribution < 1.29 is 24.6 Å². The van der Waals surface area contributed by atoms with Crippen molar-refractivity contribution in [3.8, 4) is 0 Å². The number of amides is 3. The van der Waals surface area contributed by atoms with Gasteiger partial charge < -0.3 is 36.9 Å². The van der Waals surface area contributed by atoms with Gasteiger partial charge in [-0.3, -0.25) is 14.4 Å². The third-order valence-corrected chi connectivity index (χ3v) is 6.18. The molecule has 1 aliphatic rings. The second-order valence-electron chi connectivity index (χ2n) is 8.99. The van der Waals surface area contributed by atoms with E-state index >= 15 is 0 Å². The van der Waals surface area contributed by atoms with Gasteiger partial charge in [-0.1, -0.05) is 38.1 Å². The van der Waals surface area contributed by atoms with Gasteiger partial charge in [-0.05, 0) is 24.6 Å². The molecule has 8 N–H and O–H groups in total. The van der Waals surface area contributed by atoms with Crippen LogP contribution < -0.4 is 21.7 Å². The fraction of sp³-hybridized carbons (Fsp3) is 0.458. The summed E-state index contributed by atoms with van der Waals surface area (Å²) < 4.78 is 0. The normalized spacial score (nSPS) is 22.2. The molecule has 3 rings (SSSR count). The zero-order chi connectivity index (χ0) is 25.0. The lowest BCUT2D eigenvalue weighted by molar-refractivity contribution is -0.127. The summed E-state index contributed by atoms with van der Waals surface area (Å²) in [6.45, 7) is 3.75. The van der Waals surface area contributed by atoms with E-state index in [1.54, 1.807) is 13.2 Å². The van der Waals surface area contributed by atoms with Crippen molar-refractivity contribution >= 4 is 28.6 Å². The molecular weight excluding hydrogens is 438 g/mol. The van der Waals surface area contributed by atoms with Crippen LogP contribution in [0.2, 0.25) is 0 Å². The third-order valence-electron chi connectivity index (χ3n) is 6.18. The largest absolute Gasteiger partial charge is 0.390 e. The van der Waals surface area contributed by atoms with Gasteiger partial charge in [0.05, 0.1) is 18.2 Å². The number of aromatic amines is 1. The van der Waals surface area contributed by atoms with Crippen molar-refractivity contribution in [2.45, 2.75) is 57.0 Å². The number of carbonyl (C=O) groups is 3. The molecule has 0 saturated carbocycles. The Hall–Kier alpha value is -3.21. The smallest absolute Gasteiger partial charge is 0.247 e. The van der Waals surface area contributed by atoms with Crippen molar-refractivity contribution in [3.63, 3.8) is 0 Å². The Labute approximate surface area is 198 Å². The highest BCUT2D eigenvalue weighted by molar-refractivity contribution is 5.97. The molecule has 10 heteroatoms. The number of hydrogen-bond acceptors (Lipinski definition) is 6. The molecule has 1 aromatic carbocycles. The van der Waals surface area contributed by atoms with Crippen LogP contribution in [0, 0.1) is 5.92 Å². The molecule has 34 heavy (non-hydrogen) atoms. The lowest BCUT2D eigenvalue weighted by atomic mass is 9.89. The maximum absolute atomic E-state index is 13.0. The first-order valence-electron chi connectivity index (χ1n) is 11.3. The Balaban J connectivity index is 1.75. The van der Waals surface area contributed by atoms with Gasteiger partial charge in [-0.25, -0.2) is 0 Å². The van der Waals surface area contributed by atoms with Crippen molar-refractivity contribution in [2.24, 2.45) is 11.7 Å². The first-order chi connectivity index (χ1) is 16.1. The topological polar surface area (TPSA) is 170 Å². The van der Waals surface area contributed by atoms with E-state index in [4.69, 9.17) is 5.73 Å². The maximum atomic E-state index is 13.0. The van der Waals surface area contributed by atoms with E-state index in [9.17, 15) is 24.6 Å². The highest BCUT2D eigenvalue weighted by Crippen LogP contribution is 2.22. The summed E-state index contributed by atoms with van der Waals surface area (Å²) in [5.41, 5.74) is 7.44. The van der Waals surface area contributed by atoms with Gasteiger partial charge in [0.2, 0.25) is 17.7 Å². The maximum Gasteiger partial charge on any atom is 0.247 e. The molecule has 1 aromatic heterocycles. The van der Waals surface area contributed by atoms with Gasteiger partial charge in [0.1, 0.15) is 12.1 Å². The Morgan fingerprint density at radius 1 is 1.21 bits per heavy atom. The van der Waals surface area contributed by atoms with Gasteiger partial charge in [-0.2, -0.15) is 0 Å². The minimum Gasteiger partial charge on any atom is -0.390 e. The first-order valence-corrected chi connectivity index (χ1v) is 11.3. The lowest BCUT2D eigenvalue weighted by Gasteiger charge is -2.32. The van der Waals surface area contributed by atoms with Crippen LogP contribution in [0.25, 0.3) is 10.9 Å². The minimum atomic E-state index is -1.27. The zero-order valence-corrected chi connectivity index (χ0v) is 19.5. The summed E-state index contributed by atoms with van der Waals surface area (Å²) in [5, 5.41) is 29.9. The predicted octanol–water partition coefficient (Wildman–Crippen LogP) is -0.539. The number of likely N-dealkylation sites (N-methyl/N-ethyl adjacent to an activating group) is 1. The van der Waals surface area contributed by atoms with E-state index in [2.05, 4.69) is 20.9 Å². The number of rotatable bonds is 9. The number of aliphatic hydroxyl groups excluding tert-OH is 2. The molecule has 0 spiro atoms. The minimum absolute atomic E-state index is 0.0109. The quantitative estimate of drug-likeness (QED) is 0.259. The number of hydrogen-bond donors (Lipinski definition) is 7. The second-order valence-corrected chi connectivity index (χ2v) is 8.99. The summed E-state index contributed by atoms with van der Waals surface area (Å²) in [4.78, 5) is 40.8. The number of fused-ring (bicyclic) bond motifs is 1. The van der Waals surface area contributed by atoms with Crippen LogP contribution in [0.15, 0.2) is 42.1 Å². The van der Waals surface area contributed by atoms with Crippen LogP contribution in [0.3, 0.4) is 0 Å². The summed E-state index contributed by atoms with van der Waals surface area (Å²) >= 11 is 0. The molecule has 1 heterocycles. The Kier molecular flexibility index (Phi) is 8.08. The van der Waals surface area contributed by atoms with Gasteiger partial charge in [-0.15, -0.1) is 0 Å². The summed E-state index contributed by atoms with van der Waals surface area (Å²) in [6.07, 6.45) is 0.707. The van der Waals surface area contributed by atoms with E-state index in [-0.39, 0.29) is 30.2 Å². The monoisotopic (exact) mass is 471 g/mol. The molecule has 0 fully saturated rings. The number of carbonyl (C=O) groups excluding carboxylic acids is 3. The van der Waals surface area contributed by atoms with Gasteiger partial charge >= 0.3 is 0 Å². The van der Waals surface area contributed by atoms with E-state index < -0.39 is 42.1 Å². The Morgan fingerprint density at radius 3 is 2.56 bits per heavy atom. The standard InChI is InChI=1S/C24H33N5O5/c1-12(2)20(26-3)24(34)28-17-8-13(10-19(30)21(17)31)23(33)29-18(22(25)32)9-14-11-27-16-7-5-4-6-15(14)16/h4-8,11-12,17-21,26-27,30-31H,9-10H2,1-3H3,(H2,25,32)(H,28,34)(H,29,33)/t17-,18-,19-,20+,21-/m1/s1. The molecule has 10 nitrogen and oxygen atoms in total. The molecule has 0 bridgehead atoms. The number of aliphatic hydroxyl groups is 2. The van der Waals surface area contributed by atoms with Crippen molar-refractivity contribution in [1.82, 2.24) is 20.9 Å². The molecule has 0 unspecified atom stereocenters. The molecule has 0 aliphatic heterocycles. The van der Waals surface area contributed by atoms with Gasteiger partial charge in [0.25, 0.3) is 0 Å². The van der Waals surface area contributed by atoms with Crippen LogP contribution in [-0.4, -0.2) is 70.3 Å². The van der Waals surface area contributed by atoms with Crippen LogP contribution in [-0.2, 0) is 20.8 Å². The highest BCUT2D eigenvalue weighted by Gasteiger charge is 2.35.